The number of ether oxygens (including phenoxy) is 3. The van der Waals surface area contributed by atoms with Crippen molar-refractivity contribution < 1.29 is 19.0 Å². The second kappa shape index (κ2) is 7.55. The molecule has 28 heavy (non-hydrogen) atoms. The van der Waals surface area contributed by atoms with E-state index in [9.17, 15) is 4.79 Å². The summed E-state index contributed by atoms with van der Waals surface area (Å²) < 4.78 is 17.2. The molecule has 2 bridgehead atoms. The normalized spacial score (nSPS) is 27.5. The molecule has 3 aliphatic rings. The molecular weight excluding hydrogens is 384 g/mol. The largest absolute Gasteiger partial charge is 0.489 e. The third-order valence-electron chi connectivity index (χ3n) is 5.32. The van der Waals surface area contributed by atoms with Gasteiger partial charge in [-0.15, -0.1) is 10.2 Å². The molecule has 9 heteroatoms. The number of anilines is 1. The van der Waals surface area contributed by atoms with Gasteiger partial charge in [0.1, 0.15) is 5.60 Å². The minimum atomic E-state index is -0.515. The van der Waals surface area contributed by atoms with Crippen molar-refractivity contribution in [2.45, 2.75) is 63.8 Å². The maximum absolute atomic E-state index is 12.8. The van der Waals surface area contributed by atoms with Gasteiger partial charge in [0.2, 0.25) is 0 Å². The summed E-state index contributed by atoms with van der Waals surface area (Å²) in [6.07, 6.45) is 2.22. The first-order valence-electron chi connectivity index (χ1n) is 9.83. The van der Waals surface area contributed by atoms with E-state index in [2.05, 4.69) is 15.1 Å². The number of hydrogen-bond donors (Lipinski definition) is 0. The zero-order valence-electron chi connectivity index (χ0n) is 16.6. The van der Waals surface area contributed by atoms with E-state index in [4.69, 9.17) is 25.8 Å². The molecule has 1 aromatic rings. The third-order valence-corrected chi connectivity index (χ3v) is 5.51. The summed E-state index contributed by atoms with van der Waals surface area (Å²) >= 11 is 6.00. The Morgan fingerprint density at radius 3 is 2.61 bits per heavy atom. The van der Waals surface area contributed by atoms with Gasteiger partial charge in [0.15, 0.2) is 16.7 Å². The van der Waals surface area contributed by atoms with Crippen LogP contribution in [0.3, 0.4) is 0 Å². The number of rotatable bonds is 1. The second-order valence-electron chi connectivity index (χ2n) is 8.61. The van der Waals surface area contributed by atoms with E-state index >= 15 is 0 Å². The third kappa shape index (κ3) is 3.98. The molecule has 0 aliphatic carbocycles. The first-order valence-corrected chi connectivity index (χ1v) is 10.2. The van der Waals surface area contributed by atoms with Crippen LogP contribution in [0.25, 0.3) is 0 Å². The summed E-state index contributed by atoms with van der Waals surface area (Å²) in [5, 5.41) is 8.66. The lowest BCUT2D eigenvalue weighted by atomic mass is 9.89. The van der Waals surface area contributed by atoms with Gasteiger partial charge in [-0.25, -0.2) is 4.79 Å². The molecular formula is C19H27ClN4O4. The molecule has 154 valence electrons. The van der Waals surface area contributed by atoms with Crippen LogP contribution in [0.5, 0.6) is 5.75 Å². The number of halogens is 1. The number of morpholine rings is 1. The summed E-state index contributed by atoms with van der Waals surface area (Å²) in [6, 6.07) is 1.93. The van der Waals surface area contributed by atoms with E-state index in [-0.39, 0.29) is 24.2 Å². The number of carbonyl (C=O) groups is 1. The van der Waals surface area contributed by atoms with Crippen LogP contribution in [0.1, 0.15) is 40.0 Å². The molecule has 0 saturated carbocycles. The molecule has 1 aromatic heterocycles. The van der Waals surface area contributed by atoms with Crippen molar-refractivity contribution in [2.24, 2.45) is 0 Å². The first kappa shape index (κ1) is 19.5. The second-order valence-corrected chi connectivity index (χ2v) is 9.00. The number of fused-ring (bicyclic) bond motifs is 3. The minimum absolute atomic E-state index is 0.0137. The zero-order chi connectivity index (χ0) is 19.9. The Hall–Kier alpha value is -1.80. The lowest BCUT2D eigenvalue weighted by molar-refractivity contribution is -0.0822. The van der Waals surface area contributed by atoms with Crippen molar-refractivity contribution >= 4 is 23.5 Å². The van der Waals surface area contributed by atoms with Crippen LogP contribution in [0.4, 0.5) is 10.6 Å². The molecule has 1 amide bonds. The smallest absolute Gasteiger partial charge is 0.410 e. The van der Waals surface area contributed by atoms with Crippen LogP contribution in [-0.4, -0.2) is 71.3 Å². The Labute approximate surface area is 170 Å². The Kier molecular flexibility index (Phi) is 5.26. The maximum Gasteiger partial charge on any atom is 0.410 e. The molecule has 3 aliphatic heterocycles. The topological polar surface area (TPSA) is 77.0 Å². The molecule has 0 N–H and O–H groups in total. The van der Waals surface area contributed by atoms with Gasteiger partial charge in [0.05, 0.1) is 31.9 Å². The lowest BCUT2D eigenvalue weighted by Gasteiger charge is -2.50. The first-order chi connectivity index (χ1) is 13.3. The monoisotopic (exact) mass is 410 g/mol. The highest BCUT2D eigenvalue weighted by Gasteiger charge is 2.45. The average Bonchev–Trinajstić information content (AvgIpc) is 2.81. The zero-order valence-corrected chi connectivity index (χ0v) is 17.3. The van der Waals surface area contributed by atoms with E-state index in [0.29, 0.717) is 30.7 Å². The Morgan fingerprint density at radius 1 is 1.21 bits per heavy atom. The van der Waals surface area contributed by atoms with Crippen molar-refractivity contribution in [2.75, 3.05) is 31.3 Å². The van der Waals surface area contributed by atoms with Gasteiger partial charge in [-0.1, -0.05) is 11.6 Å². The summed E-state index contributed by atoms with van der Waals surface area (Å²) in [7, 11) is 0. The van der Waals surface area contributed by atoms with E-state index in [1.807, 2.05) is 25.7 Å². The van der Waals surface area contributed by atoms with Crippen LogP contribution in [-0.2, 0) is 9.47 Å². The predicted octanol–water partition coefficient (Wildman–Crippen LogP) is 2.89. The number of carbonyl (C=O) groups excluding carboxylic acids is 1. The predicted molar refractivity (Wildman–Crippen MR) is 104 cm³/mol. The molecule has 0 spiro atoms. The van der Waals surface area contributed by atoms with Crippen molar-refractivity contribution in [3.05, 3.63) is 11.2 Å². The number of piperidine rings is 1. The van der Waals surface area contributed by atoms with Crippen LogP contribution in [0, 0.1) is 0 Å². The van der Waals surface area contributed by atoms with Crippen LogP contribution in [0.2, 0.25) is 5.15 Å². The fourth-order valence-corrected chi connectivity index (χ4v) is 4.42. The Bertz CT molecular complexity index is 727. The number of hydrogen-bond acceptors (Lipinski definition) is 7. The van der Waals surface area contributed by atoms with Crippen molar-refractivity contribution in [1.29, 1.82) is 0 Å². The number of nitrogens with zero attached hydrogens (tertiary/aromatic N) is 4. The molecule has 0 aromatic carbocycles. The summed E-state index contributed by atoms with van der Waals surface area (Å²) in [6.45, 7) is 8.18. The van der Waals surface area contributed by atoms with Gasteiger partial charge in [-0.05, 0) is 40.0 Å². The SMILES string of the molecule is CC(C)(C)OC(=O)N1[C@@H]2COC[C@H]1CC(N1CCCOc3cc(Cl)nnc31)C2. The van der Waals surface area contributed by atoms with Crippen molar-refractivity contribution in [1.82, 2.24) is 15.1 Å². The van der Waals surface area contributed by atoms with Crippen molar-refractivity contribution in [3.8, 4) is 5.75 Å². The maximum atomic E-state index is 12.8. The molecule has 1 unspecified atom stereocenters. The highest BCUT2D eigenvalue weighted by Crippen LogP contribution is 2.37. The highest BCUT2D eigenvalue weighted by atomic mass is 35.5. The highest BCUT2D eigenvalue weighted by molar-refractivity contribution is 6.29. The standard InChI is InChI=1S/C19H27ClN4O4/c1-19(2,3)28-18(25)24-13-7-12(8-14(24)11-26-10-13)23-5-4-6-27-15-9-16(20)21-22-17(15)23/h9,12-14H,4-8,10-11H2,1-3H3/t12?,13-,14+. The fraction of sp³-hybridized carbons (Fsp3) is 0.737. The van der Waals surface area contributed by atoms with Crippen LogP contribution >= 0.6 is 11.6 Å². The van der Waals surface area contributed by atoms with E-state index in [1.54, 1.807) is 6.07 Å². The molecule has 4 heterocycles. The summed E-state index contributed by atoms with van der Waals surface area (Å²) in [5.41, 5.74) is -0.515. The fourth-order valence-electron chi connectivity index (χ4n) is 4.28. The van der Waals surface area contributed by atoms with Gasteiger partial charge < -0.3 is 19.1 Å². The van der Waals surface area contributed by atoms with Gasteiger partial charge in [-0.3, -0.25) is 4.90 Å². The van der Waals surface area contributed by atoms with Gasteiger partial charge in [-0.2, -0.15) is 0 Å². The molecule has 2 saturated heterocycles. The molecule has 0 radical (unpaired) electrons. The van der Waals surface area contributed by atoms with Crippen LogP contribution < -0.4 is 9.64 Å². The van der Waals surface area contributed by atoms with Gasteiger partial charge >= 0.3 is 6.09 Å². The quantitative estimate of drug-likeness (QED) is 0.704. The molecule has 3 atom stereocenters. The minimum Gasteiger partial charge on any atom is -0.489 e. The van der Waals surface area contributed by atoms with E-state index in [1.165, 1.54) is 0 Å². The van der Waals surface area contributed by atoms with E-state index in [0.717, 1.165) is 31.6 Å². The molecule has 2 fully saturated rings. The van der Waals surface area contributed by atoms with Crippen molar-refractivity contribution in [3.63, 3.8) is 0 Å². The number of amides is 1. The average molecular weight is 411 g/mol. The summed E-state index contributed by atoms with van der Waals surface area (Å²) in [5.74, 6) is 1.41. The lowest BCUT2D eigenvalue weighted by Crippen LogP contribution is -2.63. The Morgan fingerprint density at radius 2 is 1.93 bits per heavy atom. The van der Waals surface area contributed by atoms with Crippen LogP contribution in [0.15, 0.2) is 6.07 Å². The number of aromatic nitrogens is 2. The Balaban J connectivity index is 1.55. The van der Waals surface area contributed by atoms with Gasteiger partial charge in [0, 0.05) is 18.7 Å². The molecule has 8 nitrogen and oxygen atoms in total. The van der Waals surface area contributed by atoms with E-state index < -0.39 is 5.60 Å². The van der Waals surface area contributed by atoms with Gasteiger partial charge in [0.25, 0.3) is 0 Å². The molecule has 4 rings (SSSR count). The summed E-state index contributed by atoms with van der Waals surface area (Å²) in [4.78, 5) is 16.9.